The molecule has 0 aliphatic heterocycles. The maximum absolute atomic E-state index is 5.13. The molecule has 0 aliphatic carbocycles. The van der Waals surface area contributed by atoms with Gasteiger partial charge in [-0.05, 0) is 88.1 Å². The van der Waals surface area contributed by atoms with Gasteiger partial charge in [0.2, 0.25) is 0 Å². The summed E-state index contributed by atoms with van der Waals surface area (Å²) in [5, 5.41) is 12.9. The van der Waals surface area contributed by atoms with Crippen LogP contribution < -0.4 is 20.7 Å². The maximum atomic E-state index is 5.13. The van der Waals surface area contributed by atoms with Crippen molar-refractivity contribution in [1.82, 2.24) is 9.55 Å². The fourth-order valence-electron chi connectivity index (χ4n) is 10.1. The normalized spacial score (nSPS) is 11.9. The molecule has 11 aromatic rings. The predicted molar refractivity (Wildman–Crippen MR) is 262 cm³/mol. The molecule has 0 saturated heterocycles. The highest BCUT2D eigenvalue weighted by Gasteiger charge is 2.41. The van der Waals surface area contributed by atoms with E-state index in [2.05, 4.69) is 243 Å². The minimum absolute atomic E-state index is 0.255. The topological polar surface area (TPSA) is 17.8 Å². The Hall–Kier alpha value is -7.33. The molecule has 10 aromatic carbocycles. The van der Waals surface area contributed by atoms with Gasteiger partial charge in [0.1, 0.15) is 5.82 Å². The number of benzene rings is 10. The van der Waals surface area contributed by atoms with E-state index in [1.165, 1.54) is 75.3 Å². The Balaban J connectivity index is 1.18. The molecule has 0 amide bonds. The first-order chi connectivity index (χ1) is 30.1. The van der Waals surface area contributed by atoms with E-state index in [-0.39, 0.29) is 5.92 Å². The zero-order chi connectivity index (χ0) is 40.9. The fraction of sp³-hybridized carbons (Fsp3) is 0.0517. The van der Waals surface area contributed by atoms with Crippen LogP contribution in [-0.2, 0) is 0 Å². The summed E-state index contributed by atoms with van der Waals surface area (Å²) in [5.74, 6) is 1.33. The molecule has 0 saturated carbocycles. The Kier molecular flexibility index (Phi) is 9.06. The van der Waals surface area contributed by atoms with Gasteiger partial charge in [0.25, 0.3) is 0 Å². The van der Waals surface area contributed by atoms with Gasteiger partial charge in [-0.25, -0.2) is 4.98 Å². The molecule has 290 valence electrons. The lowest BCUT2D eigenvalue weighted by Gasteiger charge is -2.34. The number of para-hydroxylation sites is 2. The number of fused-ring (bicyclic) bond motifs is 4. The van der Waals surface area contributed by atoms with E-state index in [1.54, 1.807) is 0 Å². The molecule has 0 aliphatic rings. The van der Waals surface area contributed by atoms with E-state index in [0.29, 0.717) is 0 Å². The van der Waals surface area contributed by atoms with Gasteiger partial charge < -0.3 is 0 Å². The summed E-state index contributed by atoms with van der Waals surface area (Å²) in [7, 11) is -2.76. The van der Waals surface area contributed by atoms with Crippen LogP contribution in [0.4, 0.5) is 0 Å². The van der Waals surface area contributed by atoms with Crippen molar-refractivity contribution in [2.45, 2.75) is 19.8 Å². The minimum atomic E-state index is -2.76. The minimum Gasteiger partial charge on any atom is -0.295 e. The van der Waals surface area contributed by atoms with Gasteiger partial charge in [-0.15, -0.1) is 0 Å². The van der Waals surface area contributed by atoms with Gasteiger partial charge in [-0.3, -0.25) is 4.57 Å². The summed E-state index contributed by atoms with van der Waals surface area (Å²) < 4.78 is 2.38. The number of imidazole rings is 1. The number of hydrogen-bond donors (Lipinski definition) is 0. The monoisotopic (exact) mass is 796 g/mol. The van der Waals surface area contributed by atoms with E-state index in [1.807, 2.05) is 0 Å². The van der Waals surface area contributed by atoms with Crippen molar-refractivity contribution >= 4 is 72.2 Å². The average molecular weight is 797 g/mol. The molecule has 0 bridgehead atoms. The third kappa shape index (κ3) is 5.88. The Morgan fingerprint density at radius 1 is 0.393 bits per heavy atom. The molecular weight excluding hydrogens is 753 g/mol. The quantitative estimate of drug-likeness (QED) is 0.0851. The highest BCUT2D eigenvalue weighted by atomic mass is 28.3. The molecule has 2 nitrogen and oxygen atoms in total. The zero-order valence-corrected chi connectivity index (χ0v) is 35.3. The highest BCUT2D eigenvalue weighted by Crippen LogP contribution is 2.46. The molecule has 0 atom stereocenters. The second-order valence-electron chi connectivity index (χ2n) is 16.4. The molecule has 0 unspecified atom stereocenters. The van der Waals surface area contributed by atoms with E-state index in [0.717, 1.165) is 22.5 Å². The van der Waals surface area contributed by atoms with Gasteiger partial charge in [0.05, 0.1) is 16.7 Å². The van der Waals surface area contributed by atoms with Crippen molar-refractivity contribution in [3.8, 4) is 27.9 Å². The molecule has 3 heteroatoms. The molecule has 11 rings (SSSR count). The summed E-state index contributed by atoms with van der Waals surface area (Å²) in [4.78, 5) is 5.13. The number of hydrogen-bond acceptors (Lipinski definition) is 1. The summed E-state index contributed by atoms with van der Waals surface area (Å²) in [6.45, 7) is 4.47. The first-order valence-corrected chi connectivity index (χ1v) is 23.3. The standard InChI is InChI=1S/C58H44N2Si/c1-40(2)58-59-53-35-18-19-36-55(53)60(58)54-38-37-52(46-29-12-13-30-47(46)54)57-50-33-16-14-31-48(50)56(49-32-15-17-34-51(49)57)41-21-20-28-45(39-41)61(42-22-6-3-7-23-42,43-24-8-4-9-25-43)44-26-10-5-11-27-44/h3-40H,1-2H3. The van der Waals surface area contributed by atoms with Crippen LogP contribution in [0.15, 0.2) is 224 Å². The van der Waals surface area contributed by atoms with Crippen molar-refractivity contribution < 1.29 is 0 Å². The van der Waals surface area contributed by atoms with Gasteiger partial charge in [0.15, 0.2) is 8.07 Å². The van der Waals surface area contributed by atoms with Crippen molar-refractivity contribution in [3.05, 3.63) is 230 Å². The first kappa shape index (κ1) is 36.7. The van der Waals surface area contributed by atoms with Crippen LogP contribution in [0.1, 0.15) is 25.6 Å². The molecule has 0 radical (unpaired) electrons. The van der Waals surface area contributed by atoms with Crippen molar-refractivity contribution in [3.63, 3.8) is 0 Å². The lowest BCUT2D eigenvalue weighted by Crippen LogP contribution is -2.74. The number of nitrogens with zero attached hydrogens (tertiary/aromatic N) is 2. The second kappa shape index (κ2) is 15.0. The lowest BCUT2D eigenvalue weighted by molar-refractivity contribution is 0.761. The van der Waals surface area contributed by atoms with Crippen LogP contribution in [0.25, 0.3) is 71.3 Å². The molecule has 1 aromatic heterocycles. The van der Waals surface area contributed by atoms with E-state index in [4.69, 9.17) is 4.98 Å². The van der Waals surface area contributed by atoms with Gasteiger partial charge in [0, 0.05) is 11.3 Å². The summed E-state index contributed by atoms with van der Waals surface area (Å²) in [6, 6.07) is 83.3. The average Bonchev–Trinajstić information content (AvgIpc) is 3.72. The SMILES string of the molecule is CC(C)c1nc2ccccc2n1-c1ccc(-c2c3ccccc3c(-c3cccc([Si](c4ccccc4)(c4ccccc4)c4ccccc4)c3)c3ccccc23)c2ccccc12. The smallest absolute Gasteiger partial charge is 0.179 e. The summed E-state index contributed by atoms with van der Waals surface area (Å²) in [6.07, 6.45) is 0. The van der Waals surface area contributed by atoms with Crippen molar-refractivity contribution in [2.75, 3.05) is 0 Å². The Morgan fingerprint density at radius 3 is 1.41 bits per heavy atom. The van der Waals surface area contributed by atoms with Crippen LogP contribution in [0, 0.1) is 0 Å². The Morgan fingerprint density at radius 2 is 0.852 bits per heavy atom. The number of rotatable bonds is 8. The van der Waals surface area contributed by atoms with Crippen LogP contribution in [-0.4, -0.2) is 17.6 Å². The highest BCUT2D eigenvalue weighted by molar-refractivity contribution is 7.19. The maximum Gasteiger partial charge on any atom is 0.179 e. The second-order valence-corrected chi connectivity index (χ2v) is 20.2. The van der Waals surface area contributed by atoms with Crippen LogP contribution in [0.2, 0.25) is 0 Å². The van der Waals surface area contributed by atoms with E-state index >= 15 is 0 Å². The predicted octanol–water partition coefficient (Wildman–Crippen LogP) is 12.3. The summed E-state index contributed by atoms with van der Waals surface area (Å²) in [5.41, 5.74) is 8.28. The zero-order valence-electron chi connectivity index (χ0n) is 34.3. The lowest BCUT2D eigenvalue weighted by atomic mass is 9.84. The molecule has 61 heavy (non-hydrogen) atoms. The van der Waals surface area contributed by atoms with Crippen LogP contribution in [0.3, 0.4) is 0 Å². The van der Waals surface area contributed by atoms with E-state index < -0.39 is 8.07 Å². The molecule has 1 heterocycles. The van der Waals surface area contributed by atoms with Crippen LogP contribution >= 0.6 is 0 Å². The van der Waals surface area contributed by atoms with Crippen LogP contribution in [0.5, 0.6) is 0 Å². The van der Waals surface area contributed by atoms with Crippen molar-refractivity contribution in [2.24, 2.45) is 0 Å². The van der Waals surface area contributed by atoms with Gasteiger partial charge >= 0.3 is 0 Å². The van der Waals surface area contributed by atoms with Gasteiger partial charge in [-0.2, -0.15) is 0 Å². The Bertz CT molecular complexity index is 3230. The Labute approximate surface area is 358 Å². The largest absolute Gasteiger partial charge is 0.295 e. The number of aromatic nitrogens is 2. The van der Waals surface area contributed by atoms with Crippen molar-refractivity contribution in [1.29, 1.82) is 0 Å². The molecule has 0 spiro atoms. The molecular formula is C58H44N2Si. The first-order valence-electron chi connectivity index (χ1n) is 21.3. The summed E-state index contributed by atoms with van der Waals surface area (Å²) >= 11 is 0. The molecule has 0 N–H and O–H groups in total. The van der Waals surface area contributed by atoms with E-state index in [9.17, 15) is 0 Å². The third-order valence-electron chi connectivity index (χ3n) is 12.7. The third-order valence-corrected chi connectivity index (χ3v) is 17.4. The fourth-order valence-corrected chi connectivity index (χ4v) is 14.9. The molecule has 0 fully saturated rings. The van der Waals surface area contributed by atoms with Gasteiger partial charge in [-0.1, -0.05) is 220 Å².